The fourth-order valence-electron chi connectivity index (χ4n) is 2.35. The molecule has 5 nitrogen and oxygen atoms in total. The molecule has 22 heavy (non-hydrogen) atoms. The first-order valence-corrected chi connectivity index (χ1v) is 7.94. The van der Waals surface area contributed by atoms with Gasteiger partial charge >= 0.3 is 0 Å². The summed E-state index contributed by atoms with van der Waals surface area (Å²) in [4.78, 5) is 16.5. The van der Waals surface area contributed by atoms with Crippen molar-refractivity contribution in [3.05, 3.63) is 52.6 Å². The molecular weight excluding hydrogens is 298 g/mol. The molecule has 0 aliphatic rings. The number of carbonyl (C=O) groups is 1. The van der Waals surface area contributed by atoms with Gasteiger partial charge in [-0.2, -0.15) is 0 Å². The lowest BCUT2D eigenvalue weighted by Crippen LogP contribution is -2.23. The number of nitrogens with zero attached hydrogens (tertiary/aromatic N) is 1. The molecule has 0 atom stereocenters. The number of nitrogens with two attached hydrogens (primary N) is 1. The van der Waals surface area contributed by atoms with E-state index in [0.29, 0.717) is 25.1 Å². The molecule has 114 valence electrons. The Morgan fingerprint density at radius 3 is 3.14 bits per heavy atom. The van der Waals surface area contributed by atoms with Gasteiger partial charge in [-0.15, -0.1) is 11.3 Å². The molecule has 3 aromatic rings. The number of carbonyl (C=O) groups excluding carboxylic acids is 1. The van der Waals surface area contributed by atoms with Crippen molar-refractivity contribution in [2.45, 2.75) is 19.9 Å². The number of nitrogens with one attached hydrogen (secondary N) is 1. The van der Waals surface area contributed by atoms with E-state index in [4.69, 9.17) is 10.2 Å². The molecule has 3 N–H and O–H groups in total. The highest BCUT2D eigenvalue weighted by atomic mass is 32.1. The first-order chi connectivity index (χ1) is 10.7. The number of oxazole rings is 1. The fraction of sp³-hybridized carbons (Fsp3) is 0.250. The van der Waals surface area contributed by atoms with Crippen LogP contribution < -0.4 is 11.1 Å². The average molecular weight is 315 g/mol. The second-order valence-corrected chi connectivity index (χ2v) is 6.00. The van der Waals surface area contributed by atoms with Crippen molar-refractivity contribution < 1.29 is 9.21 Å². The largest absolute Gasteiger partial charge is 0.448 e. The number of thiophene rings is 1. The van der Waals surface area contributed by atoms with Crippen LogP contribution in [-0.4, -0.2) is 17.4 Å². The van der Waals surface area contributed by atoms with E-state index < -0.39 is 0 Å². The Morgan fingerprint density at radius 2 is 2.32 bits per heavy atom. The predicted octanol–water partition coefficient (Wildman–Crippen LogP) is 2.63. The molecule has 3 rings (SSSR count). The standard InChI is InChI=1S/C16H17N3O2S/c1-10-2-3-15-11(6-10)12(8-22-15)16(20)18-7-13-14(4-5-17)21-9-19-13/h2-3,6,8-9H,4-5,7,17H2,1H3,(H,18,20). The Balaban J connectivity index is 1.76. The lowest BCUT2D eigenvalue weighted by Gasteiger charge is -2.04. The maximum Gasteiger partial charge on any atom is 0.253 e. The minimum atomic E-state index is -0.0986. The highest BCUT2D eigenvalue weighted by molar-refractivity contribution is 7.17. The van der Waals surface area contributed by atoms with Crippen LogP contribution in [0, 0.1) is 6.92 Å². The number of rotatable bonds is 5. The Labute approximate surface area is 132 Å². The number of hydrogen-bond donors (Lipinski definition) is 2. The highest BCUT2D eigenvalue weighted by Crippen LogP contribution is 2.26. The monoisotopic (exact) mass is 315 g/mol. The first kappa shape index (κ1) is 14.7. The molecule has 0 radical (unpaired) electrons. The Hall–Kier alpha value is -2.18. The third kappa shape index (κ3) is 2.88. The SMILES string of the molecule is Cc1ccc2scc(C(=O)NCc3ncoc3CCN)c2c1. The van der Waals surface area contributed by atoms with Crippen molar-refractivity contribution in [2.75, 3.05) is 6.54 Å². The Bertz CT molecular complexity index is 807. The van der Waals surface area contributed by atoms with Crippen LogP contribution in [0.1, 0.15) is 27.4 Å². The van der Waals surface area contributed by atoms with Crippen molar-refractivity contribution in [1.82, 2.24) is 10.3 Å². The van der Waals surface area contributed by atoms with Crippen LogP contribution in [0.25, 0.3) is 10.1 Å². The number of aromatic nitrogens is 1. The minimum absolute atomic E-state index is 0.0986. The van der Waals surface area contributed by atoms with Gasteiger partial charge in [0.25, 0.3) is 5.91 Å². The van der Waals surface area contributed by atoms with Crippen LogP contribution in [0.5, 0.6) is 0 Å². The van der Waals surface area contributed by atoms with E-state index in [2.05, 4.69) is 16.4 Å². The number of benzene rings is 1. The number of fused-ring (bicyclic) bond motifs is 1. The molecule has 0 saturated heterocycles. The normalized spacial score (nSPS) is 11.0. The summed E-state index contributed by atoms with van der Waals surface area (Å²) < 4.78 is 6.39. The van der Waals surface area contributed by atoms with Crippen LogP contribution in [0.2, 0.25) is 0 Å². The van der Waals surface area contributed by atoms with E-state index in [1.807, 2.05) is 24.4 Å². The third-order valence-corrected chi connectivity index (χ3v) is 4.45. The Morgan fingerprint density at radius 1 is 1.45 bits per heavy atom. The van der Waals surface area contributed by atoms with E-state index in [1.165, 1.54) is 6.39 Å². The third-order valence-electron chi connectivity index (χ3n) is 3.49. The molecule has 0 aliphatic heterocycles. The summed E-state index contributed by atoms with van der Waals surface area (Å²) >= 11 is 1.57. The van der Waals surface area contributed by atoms with Gasteiger partial charge in [-0.1, -0.05) is 11.6 Å². The second kappa shape index (κ2) is 6.29. The molecule has 6 heteroatoms. The van der Waals surface area contributed by atoms with Crippen molar-refractivity contribution in [2.24, 2.45) is 5.73 Å². The van der Waals surface area contributed by atoms with E-state index in [9.17, 15) is 4.79 Å². The van der Waals surface area contributed by atoms with E-state index in [0.717, 1.165) is 27.1 Å². The maximum absolute atomic E-state index is 12.4. The van der Waals surface area contributed by atoms with Gasteiger partial charge in [-0.25, -0.2) is 4.98 Å². The molecule has 1 amide bonds. The van der Waals surface area contributed by atoms with Crippen LogP contribution in [-0.2, 0) is 13.0 Å². The first-order valence-electron chi connectivity index (χ1n) is 7.06. The molecule has 1 aromatic carbocycles. The Kier molecular flexibility index (Phi) is 4.22. The van der Waals surface area contributed by atoms with Crippen LogP contribution in [0.4, 0.5) is 0 Å². The summed E-state index contributed by atoms with van der Waals surface area (Å²) in [7, 11) is 0. The average Bonchev–Trinajstić information content (AvgIpc) is 3.11. The summed E-state index contributed by atoms with van der Waals surface area (Å²) in [5.41, 5.74) is 8.10. The summed E-state index contributed by atoms with van der Waals surface area (Å²) in [6.07, 6.45) is 2.00. The van der Waals surface area contributed by atoms with Crippen LogP contribution in [0.3, 0.4) is 0 Å². The zero-order chi connectivity index (χ0) is 15.5. The lowest BCUT2D eigenvalue weighted by molar-refractivity contribution is 0.0952. The summed E-state index contributed by atoms with van der Waals surface area (Å²) in [6, 6.07) is 6.13. The van der Waals surface area contributed by atoms with Gasteiger partial charge in [0, 0.05) is 21.9 Å². The van der Waals surface area contributed by atoms with Crippen molar-refractivity contribution in [3.8, 4) is 0 Å². The maximum atomic E-state index is 12.4. The molecule has 0 bridgehead atoms. The zero-order valence-corrected chi connectivity index (χ0v) is 13.1. The van der Waals surface area contributed by atoms with Gasteiger partial charge in [0.05, 0.1) is 12.1 Å². The molecule has 0 unspecified atom stereocenters. The molecule has 2 aromatic heterocycles. The van der Waals surface area contributed by atoms with Gasteiger partial charge in [0.15, 0.2) is 6.39 Å². The molecule has 0 saturated carbocycles. The van der Waals surface area contributed by atoms with Gasteiger partial charge in [0.1, 0.15) is 11.5 Å². The van der Waals surface area contributed by atoms with Crippen LogP contribution in [0.15, 0.2) is 34.4 Å². The topological polar surface area (TPSA) is 81.2 Å². The van der Waals surface area contributed by atoms with Gasteiger partial charge < -0.3 is 15.5 Å². The van der Waals surface area contributed by atoms with E-state index in [-0.39, 0.29) is 5.91 Å². The van der Waals surface area contributed by atoms with E-state index in [1.54, 1.807) is 11.3 Å². The summed E-state index contributed by atoms with van der Waals surface area (Å²) in [5, 5.41) is 5.78. The van der Waals surface area contributed by atoms with Crippen LogP contribution >= 0.6 is 11.3 Å². The lowest BCUT2D eigenvalue weighted by atomic mass is 10.1. The van der Waals surface area contributed by atoms with Gasteiger partial charge in [-0.3, -0.25) is 4.79 Å². The highest BCUT2D eigenvalue weighted by Gasteiger charge is 2.14. The molecular formula is C16H17N3O2S. The quantitative estimate of drug-likeness (QED) is 0.758. The minimum Gasteiger partial charge on any atom is -0.448 e. The predicted molar refractivity (Wildman–Crippen MR) is 87.0 cm³/mol. The second-order valence-electron chi connectivity index (χ2n) is 5.09. The summed E-state index contributed by atoms with van der Waals surface area (Å²) in [5.74, 6) is 0.632. The summed E-state index contributed by atoms with van der Waals surface area (Å²) in [6.45, 7) is 2.85. The van der Waals surface area contributed by atoms with Gasteiger partial charge in [-0.05, 0) is 25.6 Å². The molecule has 0 spiro atoms. The van der Waals surface area contributed by atoms with Crippen molar-refractivity contribution in [3.63, 3.8) is 0 Å². The number of amides is 1. The number of hydrogen-bond acceptors (Lipinski definition) is 5. The van der Waals surface area contributed by atoms with E-state index >= 15 is 0 Å². The smallest absolute Gasteiger partial charge is 0.253 e. The molecule has 0 fully saturated rings. The molecule has 2 heterocycles. The zero-order valence-electron chi connectivity index (χ0n) is 12.3. The van der Waals surface area contributed by atoms with Crippen molar-refractivity contribution >= 4 is 27.3 Å². The number of aryl methyl sites for hydroxylation is 1. The fourth-order valence-corrected chi connectivity index (χ4v) is 3.27. The van der Waals surface area contributed by atoms with Crippen molar-refractivity contribution in [1.29, 1.82) is 0 Å². The molecule has 0 aliphatic carbocycles. The van der Waals surface area contributed by atoms with Gasteiger partial charge in [0.2, 0.25) is 0 Å².